The molecule has 0 radical (unpaired) electrons. The fourth-order valence-corrected chi connectivity index (χ4v) is 3.02. The standard InChI is InChI=1S/C15H17NO3S/c1-12-5-2-3-6-13(12)9-10-16-20(18,19)15-8-4-7-14(17)11-15/h2-8,11,16-17H,9-10H2,1H3. The number of benzene rings is 2. The van der Waals surface area contributed by atoms with Gasteiger partial charge in [0.15, 0.2) is 0 Å². The van der Waals surface area contributed by atoms with Gasteiger partial charge in [-0.15, -0.1) is 0 Å². The summed E-state index contributed by atoms with van der Waals surface area (Å²) >= 11 is 0. The Morgan fingerprint density at radius 1 is 1.10 bits per heavy atom. The molecular weight excluding hydrogens is 274 g/mol. The van der Waals surface area contributed by atoms with Crippen molar-refractivity contribution in [2.45, 2.75) is 18.2 Å². The summed E-state index contributed by atoms with van der Waals surface area (Å²) in [6, 6.07) is 13.5. The maximum atomic E-state index is 12.0. The number of sulfonamides is 1. The zero-order chi connectivity index (χ0) is 14.6. The monoisotopic (exact) mass is 291 g/mol. The number of rotatable bonds is 5. The van der Waals surface area contributed by atoms with Crippen LogP contribution in [0.3, 0.4) is 0 Å². The summed E-state index contributed by atoms with van der Waals surface area (Å²) in [6.45, 7) is 2.32. The van der Waals surface area contributed by atoms with Crippen molar-refractivity contribution in [3.63, 3.8) is 0 Å². The van der Waals surface area contributed by atoms with E-state index in [1.165, 1.54) is 24.3 Å². The topological polar surface area (TPSA) is 66.4 Å². The number of aromatic hydroxyl groups is 1. The molecule has 2 aromatic carbocycles. The minimum atomic E-state index is -3.58. The van der Waals surface area contributed by atoms with Crippen LogP contribution in [0.1, 0.15) is 11.1 Å². The third-order valence-electron chi connectivity index (χ3n) is 3.08. The van der Waals surface area contributed by atoms with E-state index in [0.29, 0.717) is 13.0 Å². The van der Waals surface area contributed by atoms with Crippen molar-refractivity contribution in [1.29, 1.82) is 0 Å². The first-order valence-electron chi connectivity index (χ1n) is 6.32. The molecule has 0 aliphatic carbocycles. The Balaban J connectivity index is 2.02. The highest BCUT2D eigenvalue weighted by atomic mass is 32.2. The van der Waals surface area contributed by atoms with Gasteiger partial charge in [0.1, 0.15) is 5.75 Å². The fourth-order valence-electron chi connectivity index (χ4n) is 1.94. The minimum Gasteiger partial charge on any atom is -0.508 e. The van der Waals surface area contributed by atoms with Crippen LogP contribution in [0.15, 0.2) is 53.4 Å². The van der Waals surface area contributed by atoms with E-state index in [2.05, 4.69) is 4.72 Å². The van der Waals surface area contributed by atoms with Crippen molar-refractivity contribution in [2.75, 3.05) is 6.54 Å². The van der Waals surface area contributed by atoms with Gasteiger partial charge in [0.25, 0.3) is 0 Å². The summed E-state index contributed by atoms with van der Waals surface area (Å²) < 4.78 is 26.6. The molecule has 0 heterocycles. The Labute approximate surface area is 119 Å². The summed E-state index contributed by atoms with van der Waals surface area (Å²) in [7, 11) is -3.58. The van der Waals surface area contributed by atoms with Crippen molar-refractivity contribution >= 4 is 10.0 Å². The van der Waals surface area contributed by atoms with Gasteiger partial charge in [-0.1, -0.05) is 30.3 Å². The van der Waals surface area contributed by atoms with E-state index in [1.807, 2.05) is 31.2 Å². The molecule has 2 aromatic rings. The Morgan fingerprint density at radius 3 is 2.55 bits per heavy atom. The van der Waals surface area contributed by atoms with Crippen LogP contribution in [-0.2, 0) is 16.4 Å². The van der Waals surface area contributed by atoms with Gasteiger partial charge in [-0.3, -0.25) is 0 Å². The lowest BCUT2D eigenvalue weighted by Crippen LogP contribution is -2.26. The number of nitrogens with one attached hydrogen (secondary N) is 1. The van der Waals surface area contributed by atoms with Crippen molar-refractivity contribution in [2.24, 2.45) is 0 Å². The van der Waals surface area contributed by atoms with Crippen LogP contribution in [0.2, 0.25) is 0 Å². The lowest BCUT2D eigenvalue weighted by molar-refractivity contribution is 0.473. The molecule has 0 atom stereocenters. The first kappa shape index (κ1) is 14.6. The number of phenols is 1. The second kappa shape index (κ2) is 6.07. The highest BCUT2D eigenvalue weighted by Gasteiger charge is 2.13. The molecule has 0 aliphatic heterocycles. The van der Waals surface area contributed by atoms with Crippen LogP contribution in [0.25, 0.3) is 0 Å². The van der Waals surface area contributed by atoms with Gasteiger partial charge in [0.05, 0.1) is 4.90 Å². The molecule has 4 nitrogen and oxygen atoms in total. The van der Waals surface area contributed by atoms with E-state index in [-0.39, 0.29) is 10.6 Å². The molecule has 0 unspecified atom stereocenters. The van der Waals surface area contributed by atoms with Crippen LogP contribution < -0.4 is 4.72 Å². The zero-order valence-corrected chi connectivity index (χ0v) is 12.0. The quantitative estimate of drug-likeness (QED) is 0.887. The van der Waals surface area contributed by atoms with E-state index in [9.17, 15) is 13.5 Å². The first-order chi connectivity index (χ1) is 9.49. The number of hydrogen-bond acceptors (Lipinski definition) is 3. The largest absolute Gasteiger partial charge is 0.508 e. The molecule has 0 aromatic heterocycles. The average Bonchev–Trinajstić information content (AvgIpc) is 2.41. The Morgan fingerprint density at radius 2 is 1.85 bits per heavy atom. The number of hydrogen-bond donors (Lipinski definition) is 2. The molecule has 20 heavy (non-hydrogen) atoms. The van der Waals surface area contributed by atoms with E-state index in [1.54, 1.807) is 0 Å². The third-order valence-corrected chi connectivity index (χ3v) is 4.53. The molecule has 0 aliphatic rings. The third kappa shape index (κ3) is 3.59. The van der Waals surface area contributed by atoms with E-state index in [4.69, 9.17) is 0 Å². The lowest BCUT2D eigenvalue weighted by Gasteiger charge is -2.08. The normalized spacial score (nSPS) is 11.4. The van der Waals surface area contributed by atoms with Crippen LogP contribution >= 0.6 is 0 Å². The predicted molar refractivity (Wildman–Crippen MR) is 78.2 cm³/mol. The summed E-state index contributed by atoms with van der Waals surface area (Å²) in [5.41, 5.74) is 2.26. The Hall–Kier alpha value is -1.85. The number of phenolic OH excluding ortho intramolecular Hbond substituents is 1. The summed E-state index contributed by atoms with van der Waals surface area (Å²) in [4.78, 5) is 0.0716. The van der Waals surface area contributed by atoms with Gasteiger partial charge in [0.2, 0.25) is 10.0 Å². The SMILES string of the molecule is Cc1ccccc1CCNS(=O)(=O)c1cccc(O)c1. The van der Waals surface area contributed by atoms with Gasteiger partial charge >= 0.3 is 0 Å². The van der Waals surface area contributed by atoms with Crippen LogP contribution in [-0.4, -0.2) is 20.1 Å². The highest BCUT2D eigenvalue weighted by Crippen LogP contribution is 2.15. The van der Waals surface area contributed by atoms with Crippen LogP contribution in [0.4, 0.5) is 0 Å². The molecule has 0 spiro atoms. The van der Waals surface area contributed by atoms with Crippen LogP contribution in [0, 0.1) is 6.92 Å². The van der Waals surface area contributed by atoms with Crippen molar-refractivity contribution < 1.29 is 13.5 Å². The second-order valence-corrected chi connectivity index (χ2v) is 6.34. The molecule has 0 amide bonds. The summed E-state index contributed by atoms with van der Waals surface area (Å²) in [6.07, 6.45) is 0.630. The summed E-state index contributed by atoms with van der Waals surface area (Å²) in [5, 5.41) is 9.32. The smallest absolute Gasteiger partial charge is 0.240 e. The highest BCUT2D eigenvalue weighted by molar-refractivity contribution is 7.89. The van der Waals surface area contributed by atoms with Gasteiger partial charge in [-0.2, -0.15) is 0 Å². The lowest BCUT2D eigenvalue weighted by atomic mass is 10.1. The van der Waals surface area contributed by atoms with Crippen molar-refractivity contribution in [3.8, 4) is 5.75 Å². The van der Waals surface area contributed by atoms with E-state index < -0.39 is 10.0 Å². The Kier molecular flexibility index (Phi) is 4.42. The molecule has 0 saturated carbocycles. The van der Waals surface area contributed by atoms with Gasteiger partial charge < -0.3 is 5.11 Å². The molecule has 0 saturated heterocycles. The van der Waals surface area contributed by atoms with E-state index in [0.717, 1.165) is 11.1 Å². The van der Waals surface area contributed by atoms with Gasteiger partial charge in [-0.25, -0.2) is 13.1 Å². The molecule has 2 rings (SSSR count). The first-order valence-corrected chi connectivity index (χ1v) is 7.80. The second-order valence-electron chi connectivity index (χ2n) is 4.57. The fraction of sp³-hybridized carbons (Fsp3) is 0.200. The van der Waals surface area contributed by atoms with E-state index >= 15 is 0 Å². The van der Waals surface area contributed by atoms with Crippen molar-refractivity contribution in [3.05, 3.63) is 59.7 Å². The maximum absolute atomic E-state index is 12.0. The van der Waals surface area contributed by atoms with Crippen molar-refractivity contribution in [1.82, 2.24) is 4.72 Å². The van der Waals surface area contributed by atoms with Gasteiger partial charge in [0, 0.05) is 6.54 Å². The van der Waals surface area contributed by atoms with Crippen LogP contribution in [0.5, 0.6) is 5.75 Å². The number of aryl methyl sites for hydroxylation is 1. The maximum Gasteiger partial charge on any atom is 0.240 e. The molecule has 0 bridgehead atoms. The molecular formula is C15H17NO3S. The summed E-state index contributed by atoms with van der Waals surface area (Å²) in [5.74, 6) is -0.0632. The predicted octanol–water partition coefficient (Wildman–Crippen LogP) is 2.22. The molecule has 5 heteroatoms. The Bertz CT molecular complexity index is 696. The zero-order valence-electron chi connectivity index (χ0n) is 11.2. The molecule has 106 valence electrons. The molecule has 2 N–H and O–H groups in total. The molecule has 0 fully saturated rings. The van der Waals surface area contributed by atoms with Gasteiger partial charge in [-0.05, 0) is 42.7 Å². The average molecular weight is 291 g/mol. The minimum absolute atomic E-state index is 0.0632.